The van der Waals surface area contributed by atoms with Crippen molar-refractivity contribution in [2.24, 2.45) is 11.8 Å². The average molecular weight is 335 g/mol. The van der Waals surface area contributed by atoms with E-state index in [1.807, 2.05) is 0 Å². The van der Waals surface area contributed by atoms with Crippen LogP contribution in [0.3, 0.4) is 0 Å². The lowest BCUT2D eigenvalue weighted by atomic mass is 10.1. The molecule has 3 aliphatic rings. The Morgan fingerprint density at radius 3 is 1.48 bits per heavy atom. The first-order valence-electron chi connectivity index (χ1n) is 8.27. The summed E-state index contributed by atoms with van der Waals surface area (Å²) in [6, 6.07) is 21.9. The van der Waals surface area contributed by atoms with E-state index in [-0.39, 0.29) is 0 Å². The third-order valence-electron chi connectivity index (χ3n) is 5.10. The summed E-state index contributed by atoms with van der Waals surface area (Å²) in [7, 11) is 0. The average Bonchev–Trinajstić information content (AvgIpc) is 3.24. The van der Waals surface area contributed by atoms with Crippen molar-refractivity contribution >= 4 is 33.3 Å². The van der Waals surface area contributed by atoms with Gasteiger partial charge in [-0.1, -0.05) is 72.8 Å². The van der Waals surface area contributed by atoms with Gasteiger partial charge in [-0.2, -0.15) is 0 Å². The normalized spacial score (nSPS) is 31.5. The first-order chi connectivity index (χ1) is 11.4. The van der Waals surface area contributed by atoms with Gasteiger partial charge in [0.15, 0.2) is 0 Å². The summed E-state index contributed by atoms with van der Waals surface area (Å²) in [5.41, 5.74) is 2.74. The quantitative estimate of drug-likeness (QED) is 0.624. The van der Waals surface area contributed by atoms with Gasteiger partial charge in [-0.05, 0) is 29.4 Å². The van der Waals surface area contributed by atoms with Gasteiger partial charge in [0, 0.05) is 20.3 Å². The van der Waals surface area contributed by atoms with Crippen molar-refractivity contribution in [1.82, 2.24) is 0 Å². The molecule has 4 unspecified atom stereocenters. The second kappa shape index (κ2) is 5.61. The summed E-state index contributed by atoms with van der Waals surface area (Å²) < 4.78 is 0. The topological polar surface area (TPSA) is 0 Å². The Bertz CT molecular complexity index is 711. The van der Waals surface area contributed by atoms with Gasteiger partial charge in [0.25, 0.3) is 0 Å². The number of hydrogen-bond donors (Lipinski definition) is 0. The number of rotatable bonds is 2. The molecule has 1 saturated carbocycles. The van der Waals surface area contributed by atoms with Crippen molar-refractivity contribution in [3.05, 3.63) is 83.9 Å². The van der Waals surface area contributed by atoms with Crippen LogP contribution in [0.5, 0.6) is 0 Å². The zero-order chi connectivity index (χ0) is 15.2. The van der Waals surface area contributed by atoms with Crippen LogP contribution in [0.1, 0.15) is 17.5 Å². The zero-order valence-electron chi connectivity index (χ0n) is 12.8. The Morgan fingerprint density at radius 2 is 1.04 bits per heavy atom. The van der Waals surface area contributed by atoms with E-state index in [4.69, 9.17) is 0 Å². The van der Waals surface area contributed by atoms with Gasteiger partial charge in [-0.25, -0.2) is 0 Å². The van der Waals surface area contributed by atoms with E-state index in [1.165, 1.54) is 27.4 Å². The monoisotopic (exact) mass is 334 g/mol. The maximum atomic E-state index is 2.47. The molecule has 0 N–H and O–H groups in total. The standard InChI is InChI=1S/C21H18S2/c1-3-7-14(8-4-1)18-19(15-9-5-2-6-10-15)23-21-17-12-11-16(13-17)20(21)22-18/h1-12,16-17,20-21H,13H2. The molecule has 2 aromatic carbocycles. The molecule has 0 saturated heterocycles. The SMILES string of the molecule is C1=CC2CC1C1SC(c3ccccc3)=C(c3ccccc3)SC21. The van der Waals surface area contributed by atoms with Crippen LogP contribution in [0.15, 0.2) is 72.8 Å². The molecule has 4 atom stereocenters. The number of hydrogen-bond acceptors (Lipinski definition) is 2. The summed E-state index contributed by atoms with van der Waals surface area (Å²) in [4.78, 5) is 2.95. The van der Waals surface area contributed by atoms with Crippen molar-refractivity contribution < 1.29 is 0 Å². The van der Waals surface area contributed by atoms with Gasteiger partial charge >= 0.3 is 0 Å². The van der Waals surface area contributed by atoms with Crippen LogP contribution < -0.4 is 0 Å². The van der Waals surface area contributed by atoms with E-state index in [1.54, 1.807) is 0 Å². The van der Waals surface area contributed by atoms with Gasteiger partial charge < -0.3 is 0 Å². The molecular formula is C21H18S2. The molecule has 5 rings (SSSR count). The van der Waals surface area contributed by atoms with Crippen molar-refractivity contribution in [2.75, 3.05) is 0 Å². The van der Waals surface area contributed by atoms with Crippen LogP contribution in [0.4, 0.5) is 0 Å². The Labute approximate surface area is 146 Å². The molecule has 2 bridgehead atoms. The van der Waals surface area contributed by atoms with Gasteiger partial charge in [-0.15, -0.1) is 23.5 Å². The molecule has 0 spiro atoms. The fourth-order valence-corrected chi connectivity index (χ4v) is 7.58. The van der Waals surface area contributed by atoms with E-state index in [0.29, 0.717) is 0 Å². The van der Waals surface area contributed by atoms with Gasteiger partial charge in [0.2, 0.25) is 0 Å². The minimum absolute atomic E-state index is 0.748. The first-order valence-corrected chi connectivity index (χ1v) is 10.0. The molecule has 0 radical (unpaired) electrons. The van der Waals surface area contributed by atoms with E-state index in [0.717, 1.165) is 22.3 Å². The molecular weight excluding hydrogens is 316 g/mol. The van der Waals surface area contributed by atoms with Crippen molar-refractivity contribution in [1.29, 1.82) is 0 Å². The molecule has 2 aliphatic carbocycles. The van der Waals surface area contributed by atoms with E-state index >= 15 is 0 Å². The molecule has 2 aromatic rings. The largest absolute Gasteiger partial charge is 0.119 e. The summed E-state index contributed by atoms with van der Waals surface area (Å²) in [5.74, 6) is 1.55. The predicted octanol–water partition coefficient (Wildman–Crippen LogP) is 5.94. The highest BCUT2D eigenvalue weighted by molar-refractivity contribution is 8.17. The summed E-state index contributed by atoms with van der Waals surface area (Å²) in [5, 5.41) is 1.50. The minimum Gasteiger partial charge on any atom is -0.119 e. The van der Waals surface area contributed by atoms with E-state index in [2.05, 4.69) is 96.3 Å². The smallest absolute Gasteiger partial charge is 0.0290 e. The van der Waals surface area contributed by atoms with E-state index in [9.17, 15) is 0 Å². The molecule has 0 amide bonds. The third-order valence-corrected chi connectivity index (χ3v) is 8.59. The molecule has 1 fully saturated rings. The van der Waals surface area contributed by atoms with Crippen LogP contribution in [0.25, 0.3) is 9.81 Å². The van der Waals surface area contributed by atoms with Crippen molar-refractivity contribution in [3.63, 3.8) is 0 Å². The van der Waals surface area contributed by atoms with Crippen LogP contribution in [0.2, 0.25) is 0 Å². The number of allylic oxidation sites excluding steroid dienone is 2. The second-order valence-corrected chi connectivity index (χ2v) is 8.88. The Kier molecular flexibility index (Phi) is 3.42. The lowest BCUT2D eigenvalue weighted by Crippen LogP contribution is -2.27. The Balaban J connectivity index is 1.63. The Hall–Kier alpha value is -1.38. The van der Waals surface area contributed by atoms with Gasteiger partial charge in [0.1, 0.15) is 0 Å². The fourth-order valence-electron chi connectivity index (χ4n) is 4.00. The lowest BCUT2D eigenvalue weighted by molar-refractivity contribution is 0.697. The van der Waals surface area contributed by atoms with Crippen LogP contribution >= 0.6 is 23.5 Å². The number of thioether (sulfide) groups is 2. The lowest BCUT2D eigenvalue weighted by Gasteiger charge is -2.34. The molecule has 2 heteroatoms. The molecule has 1 heterocycles. The summed E-state index contributed by atoms with van der Waals surface area (Å²) in [6.45, 7) is 0. The highest BCUT2D eigenvalue weighted by Crippen LogP contribution is 2.61. The molecule has 114 valence electrons. The zero-order valence-corrected chi connectivity index (χ0v) is 14.4. The third kappa shape index (κ3) is 2.31. The maximum absolute atomic E-state index is 2.47. The van der Waals surface area contributed by atoms with Crippen LogP contribution in [0, 0.1) is 11.8 Å². The maximum Gasteiger partial charge on any atom is 0.0290 e. The molecule has 23 heavy (non-hydrogen) atoms. The van der Waals surface area contributed by atoms with Gasteiger partial charge in [0.05, 0.1) is 0 Å². The first kappa shape index (κ1) is 14.0. The highest BCUT2D eigenvalue weighted by Gasteiger charge is 2.48. The van der Waals surface area contributed by atoms with Crippen LogP contribution in [-0.4, -0.2) is 10.5 Å². The van der Waals surface area contributed by atoms with Crippen molar-refractivity contribution in [3.8, 4) is 0 Å². The molecule has 1 aliphatic heterocycles. The predicted molar refractivity (Wildman–Crippen MR) is 103 cm³/mol. The van der Waals surface area contributed by atoms with Crippen LogP contribution in [-0.2, 0) is 0 Å². The number of benzene rings is 2. The van der Waals surface area contributed by atoms with E-state index < -0.39 is 0 Å². The summed E-state index contributed by atoms with van der Waals surface area (Å²) in [6.07, 6.45) is 6.30. The summed E-state index contributed by atoms with van der Waals surface area (Å²) >= 11 is 4.26. The second-order valence-electron chi connectivity index (χ2n) is 6.50. The van der Waals surface area contributed by atoms with Crippen molar-refractivity contribution in [2.45, 2.75) is 16.9 Å². The Morgan fingerprint density at radius 1 is 0.609 bits per heavy atom. The minimum atomic E-state index is 0.748. The number of fused-ring (bicyclic) bond motifs is 5. The fraction of sp³-hybridized carbons (Fsp3) is 0.238. The van der Waals surface area contributed by atoms with Gasteiger partial charge in [-0.3, -0.25) is 0 Å². The molecule has 0 nitrogen and oxygen atoms in total. The molecule has 0 aromatic heterocycles. The highest BCUT2D eigenvalue weighted by atomic mass is 32.2.